The molecule has 1 atom stereocenters. The van der Waals surface area contributed by atoms with E-state index in [0.717, 1.165) is 30.6 Å². The second kappa shape index (κ2) is 9.22. The van der Waals surface area contributed by atoms with Gasteiger partial charge in [0.2, 0.25) is 5.96 Å². The van der Waals surface area contributed by atoms with Crippen molar-refractivity contribution in [2.45, 2.75) is 48.3 Å². The number of thioether (sulfide) groups is 1. The molecule has 11 nitrogen and oxygen atoms in total. The van der Waals surface area contributed by atoms with Crippen molar-refractivity contribution in [3.05, 3.63) is 45.0 Å². The average Bonchev–Trinajstić information content (AvgIpc) is 2.79. The van der Waals surface area contributed by atoms with Crippen LogP contribution in [0.1, 0.15) is 54.8 Å². The van der Waals surface area contributed by atoms with Crippen LogP contribution in [0.15, 0.2) is 28.1 Å². The Morgan fingerprint density at radius 2 is 2.00 bits per heavy atom. The van der Waals surface area contributed by atoms with Crippen molar-refractivity contribution in [3.63, 3.8) is 0 Å². The van der Waals surface area contributed by atoms with Gasteiger partial charge in [-0.1, -0.05) is 19.3 Å². The fourth-order valence-electron chi connectivity index (χ4n) is 4.14. The molecule has 0 saturated heterocycles. The Labute approximate surface area is 194 Å². The number of hydrogen-bond acceptors (Lipinski definition) is 11. The molecule has 4 rings (SSSR count). The molecule has 1 aliphatic carbocycles. The van der Waals surface area contributed by atoms with E-state index in [1.54, 1.807) is 24.0 Å². The van der Waals surface area contributed by atoms with Crippen LogP contribution < -0.4 is 22.1 Å². The second-order valence-corrected chi connectivity index (χ2v) is 9.10. The van der Waals surface area contributed by atoms with Crippen LogP contribution in [0.4, 0.5) is 23.0 Å². The molecule has 0 radical (unpaired) electrons. The zero-order valence-electron chi connectivity index (χ0n) is 17.5. The van der Waals surface area contributed by atoms with E-state index in [0.29, 0.717) is 16.4 Å². The van der Waals surface area contributed by atoms with E-state index in [1.165, 1.54) is 18.6 Å². The standard InChI is InChI=1S/C21H21N9O2S/c22-9-14-17(24)16-18(27-21(26-10-23)29-20(16)28-19(14)25)13-8-11(30(31)32)6-7-15(13)33-12-4-2-1-3-5-12/h6-8,12,18H,1-5H2,(H6,24,25,26,27,28,29). The number of fused-ring (bicyclic) bond motifs is 1. The lowest BCUT2D eigenvalue weighted by molar-refractivity contribution is -0.385. The van der Waals surface area contributed by atoms with E-state index >= 15 is 0 Å². The van der Waals surface area contributed by atoms with E-state index < -0.39 is 11.0 Å². The summed E-state index contributed by atoms with van der Waals surface area (Å²) in [6.07, 6.45) is 7.43. The van der Waals surface area contributed by atoms with Crippen molar-refractivity contribution in [1.82, 2.24) is 10.3 Å². The van der Waals surface area contributed by atoms with Crippen LogP contribution in [-0.4, -0.2) is 21.1 Å². The van der Waals surface area contributed by atoms with Gasteiger partial charge in [0.1, 0.15) is 29.3 Å². The van der Waals surface area contributed by atoms with E-state index in [9.17, 15) is 15.4 Å². The third-order valence-corrected chi connectivity index (χ3v) is 7.13. The number of nitrogens with zero attached hydrogens (tertiary/aromatic N) is 5. The molecule has 0 bridgehead atoms. The number of rotatable bonds is 4. The lowest BCUT2D eigenvalue weighted by Gasteiger charge is -2.28. The highest BCUT2D eigenvalue weighted by atomic mass is 32.2. The predicted molar refractivity (Wildman–Crippen MR) is 125 cm³/mol. The summed E-state index contributed by atoms with van der Waals surface area (Å²) in [5.41, 5.74) is 13.2. The van der Waals surface area contributed by atoms with Crippen molar-refractivity contribution in [1.29, 1.82) is 10.5 Å². The fraction of sp³-hybridized carbons (Fsp3) is 0.333. The predicted octanol–water partition coefficient (Wildman–Crippen LogP) is 3.39. The number of nitrogen functional groups attached to an aromatic ring is 2. The molecule has 0 amide bonds. The molecule has 6 N–H and O–H groups in total. The number of nitrogens with two attached hydrogens (primary N) is 2. The van der Waals surface area contributed by atoms with E-state index in [2.05, 4.69) is 20.6 Å². The highest BCUT2D eigenvalue weighted by molar-refractivity contribution is 8.00. The minimum absolute atomic E-state index is 0.0133. The number of benzene rings is 1. The molecular formula is C21H21N9O2S. The molecule has 1 aromatic carbocycles. The zero-order valence-corrected chi connectivity index (χ0v) is 18.4. The van der Waals surface area contributed by atoms with E-state index in [-0.39, 0.29) is 34.5 Å². The van der Waals surface area contributed by atoms with Crippen LogP contribution in [0.2, 0.25) is 0 Å². The van der Waals surface area contributed by atoms with Gasteiger partial charge in [0.05, 0.1) is 10.6 Å². The summed E-state index contributed by atoms with van der Waals surface area (Å²) in [6.45, 7) is 0. The summed E-state index contributed by atoms with van der Waals surface area (Å²) in [5.74, 6) is 0.280. The Balaban J connectivity index is 1.90. The number of nitro groups is 1. The summed E-state index contributed by atoms with van der Waals surface area (Å²) in [5, 5.41) is 35.9. The van der Waals surface area contributed by atoms with Crippen LogP contribution in [0, 0.1) is 32.9 Å². The van der Waals surface area contributed by atoms with Gasteiger partial charge in [-0.15, -0.1) is 11.8 Å². The van der Waals surface area contributed by atoms with Crippen LogP contribution in [0.3, 0.4) is 0 Å². The molecular weight excluding hydrogens is 442 g/mol. The van der Waals surface area contributed by atoms with Crippen molar-refractivity contribution in [2.24, 2.45) is 4.99 Å². The Morgan fingerprint density at radius 3 is 2.67 bits per heavy atom. The number of nitriles is 2. The topological polar surface area (TPSA) is 192 Å². The highest BCUT2D eigenvalue weighted by Crippen LogP contribution is 2.45. The van der Waals surface area contributed by atoms with Crippen molar-refractivity contribution in [3.8, 4) is 12.3 Å². The summed E-state index contributed by atoms with van der Waals surface area (Å²) in [4.78, 5) is 20.7. The maximum Gasteiger partial charge on any atom is 0.269 e. The highest BCUT2D eigenvalue weighted by Gasteiger charge is 2.32. The van der Waals surface area contributed by atoms with Crippen LogP contribution in [0.25, 0.3) is 0 Å². The molecule has 2 heterocycles. The molecule has 2 aliphatic rings. The summed E-state index contributed by atoms with van der Waals surface area (Å²) < 4.78 is 0. The molecule has 0 spiro atoms. The number of aromatic nitrogens is 1. The van der Waals surface area contributed by atoms with Crippen LogP contribution in [-0.2, 0) is 0 Å². The first-order valence-corrected chi connectivity index (χ1v) is 11.2. The summed E-state index contributed by atoms with van der Waals surface area (Å²) in [7, 11) is 0. The van der Waals surface area contributed by atoms with Gasteiger partial charge >= 0.3 is 0 Å². The average molecular weight is 464 g/mol. The summed E-state index contributed by atoms with van der Waals surface area (Å²) >= 11 is 1.66. The SMILES string of the molecule is N#CNC1=NC(c2cc([N+](=O)[O-])ccc2SC2CCCCC2)c2c(nc(N)c(C#N)c2N)N1. The molecule has 1 saturated carbocycles. The van der Waals surface area contributed by atoms with Crippen LogP contribution >= 0.6 is 11.8 Å². The van der Waals surface area contributed by atoms with Gasteiger partial charge in [-0.3, -0.25) is 15.4 Å². The van der Waals surface area contributed by atoms with Crippen molar-refractivity contribution >= 4 is 40.7 Å². The first-order valence-electron chi connectivity index (χ1n) is 10.4. The number of nitro benzene ring substituents is 1. The van der Waals surface area contributed by atoms with Gasteiger partial charge < -0.3 is 16.8 Å². The van der Waals surface area contributed by atoms with Gasteiger partial charge in [-0.25, -0.2) is 9.98 Å². The number of nitrogens with one attached hydrogen (secondary N) is 2. The molecule has 168 valence electrons. The van der Waals surface area contributed by atoms with Gasteiger partial charge in [-0.2, -0.15) is 10.5 Å². The smallest absolute Gasteiger partial charge is 0.269 e. The number of pyridine rings is 1. The molecule has 1 aromatic heterocycles. The van der Waals surface area contributed by atoms with Crippen molar-refractivity contribution in [2.75, 3.05) is 16.8 Å². The van der Waals surface area contributed by atoms with Gasteiger partial charge in [0.15, 0.2) is 6.19 Å². The quantitative estimate of drug-likeness (QED) is 0.226. The zero-order chi connectivity index (χ0) is 23.5. The minimum Gasteiger partial charge on any atom is -0.397 e. The Kier molecular flexibility index (Phi) is 6.20. The molecule has 33 heavy (non-hydrogen) atoms. The third-order valence-electron chi connectivity index (χ3n) is 5.70. The number of guanidine groups is 1. The second-order valence-electron chi connectivity index (χ2n) is 7.76. The first-order chi connectivity index (χ1) is 15.9. The van der Waals surface area contributed by atoms with Gasteiger partial charge in [0.25, 0.3) is 5.69 Å². The largest absolute Gasteiger partial charge is 0.397 e. The Hall–Kier alpha value is -4.03. The summed E-state index contributed by atoms with van der Waals surface area (Å²) in [6, 6.07) is 5.81. The first kappa shape index (κ1) is 22.2. The lowest BCUT2D eigenvalue weighted by Crippen LogP contribution is -2.33. The number of non-ortho nitro benzene ring substituents is 1. The van der Waals surface area contributed by atoms with Gasteiger partial charge in [-0.05, 0) is 18.9 Å². The number of anilines is 3. The monoisotopic (exact) mass is 463 g/mol. The number of hydrogen-bond donors (Lipinski definition) is 4. The molecule has 2 aromatic rings. The lowest BCUT2D eigenvalue weighted by atomic mass is 9.94. The van der Waals surface area contributed by atoms with Crippen molar-refractivity contribution < 1.29 is 4.92 Å². The molecule has 1 fully saturated rings. The van der Waals surface area contributed by atoms with E-state index in [1.807, 2.05) is 6.07 Å². The Bertz CT molecular complexity index is 1230. The van der Waals surface area contributed by atoms with Crippen LogP contribution in [0.5, 0.6) is 0 Å². The maximum atomic E-state index is 11.6. The van der Waals surface area contributed by atoms with E-state index in [4.69, 9.17) is 16.7 Å². The fourth-order valence-corrected chi connectivity index (χ4v) is 5.52. The molecule has 1 unspecified atom stereocenters. The minimum atomic E-state index is -0.830. The molecule has 1 aliphatic heterocycles. The third kappa shape index (κ3) is 4.33. The normalized spacial score (nSPS) is 17.6. The number of aliphatic imine (C=N–C) groups is 1. The Morgan fingerprint density at radius 1 is 1.24 bits per heavy atom. The molecule has 12 heteroatoms. The van der Waals surface area contributed by atoms with Gasteiger partial charge in [0, 0.05) is 33.4 Å². The maximum absolute atomic E-state index is 11.6.